The van der Waals surface area contributed by atoms with Crippen molar-refractivity contribution in [3.05, 3.63) is 57.5 Å². The van der Waals surface area contributed by atoms with E-state index in [4.69, 9.17) is 27.6 Å². The lowest BCUT2D eigenvalue weighted by Crippen LogP contribution is -2.01. The predicted molar refractivity (Wildman–Crippen MR) is 73.2 cm³/mol. The van der Waals surface area contributed by atoms with Crippen LogP contribution in [0, 0.1) is 0 Å². The van der Waals surface area contributed by atoms with Crippen molar-refractivity contribution in [1.82, 2.24) is 0 Å². The molecule has 2 aromatic rings. The minimum absolute atomic E-state index is 0.342. The third-order valence-corrected chi connectivity index (χ3v) is 3.53. The van der Waals surface area contributed by atoms with E-state index in [1.54, 1.807) is 24.3 Å². The zero-order valence-electron chi connectivity index (χ0n) is 9.99. The summed E-state index contributed by atoms with van der Waals surface area (Å²) in [5.74, 6) is 1.40. The fraction of sp³-hybridized carbons (Fsp3) is 0.286. The molecule has 96 valence electrons. The number of furan rings is 1. The van der Waals surface area contributed by atoms with Crippen molar-refractivity contribution >= 4 is 23.2 Å². The van der Waals surface area contributed by atoms with Gasteiger partial charge in [-0.1, -0.05) is 36.2 Å². The lowest BCUT2D eigenvalue weighted by atomic mass is 10.1. The van der Waals surface area contributed by atoms with E-state index in [2.05, 4.69) is 0 Å². The van der Waals surface area contributed by atoms with Gasteiger partial charge >= 0.3 is 0 Å². The molecule has 0 radical (unpaired) electrons. The molecule has 18 heavy (non-hydrogen) atoms. The number of aliphatic hydroxyl groups excluding tert-OH is 1. The summed E-state index contributed by atoms with van der Waals surface area (Å²) in [5, 5.41) is 11.2. The molecule has 1 atom stereocenters. The van der Waals surface area contributed by atoms with Crippen molar-refractivity contribution in [2.45, 2.75) is 25.9 Å². The first-order valence-corrected chi connectivity index (χ1v) is 6.57. The monoisotopic (exact) mass is 284 g/mol. The molecule has 0 fully saturated rings. The van der Waals surface area contributed by atoms with Crippen molar-refractivity contribution < 1.29 is 9.52 Å². The van der Waals surface area contributed by atoms with Crippen LogP contribution in [0.4, 0.5) is 0 Å². The molecule has 2 rings (SSSR count). The van der Waals surface area contributed by atoms with Crippen LogP contribution in [0.15, 0.2) is 34.7 Å². The van der Waals surface area contributed by atoms with Gasteiger partial charge in [0.2, 0.25) is 0 Å². The van der Waals surface area contributed by atoms with Crippen molar-refractivity contribution in [3.63, 3.8) is 0 Å². The zero-order valence-corrected chi connectivity index (χ0v) is 11.5. The third-order valence-electron chi connectivity index (χ3n) is 2.82. The van der Waals surface area contributed by atoms with Gasteiger partial charge in [0.1, 0.15) is 17.6 Å². The Morgan fingerprint density at radius 2 is 1.83 bits per heavy atom. The van der Waals surface area contributed by atoms with E-state index in [1.165, 1.54) is 0 Å². The van der Waals surface area contributed by atoms with Crippen molar-refractivity contribution in [3.8, 4) is 0 Å². The van der Waals surface area contributed by atoms with E-state index in [0.29, 0.717) is 22.2 Å². The van der Waals surface area contributed by atoms with Gasteiger partial charge in [-0.05, 0) is 29.8 Å². The third kappa shape index (κ3) is 2.89. The number of rotatable bonds is 4. The summed E-state index contributed by atoms with van der Waals surface area (Å²) in [6.07, 6.45) is 0.414. The molecular weight excluding hydrogens is 271 g/mol. The summed E-state index contributed by atoms with van der Waals surface area (Å²) >= 11 is 12.1. The SMILES string of the molecule is CCc1ccc(C(O)Cc2c(Cl)cccc2Cl)o1. The summed E-state index contributed by atoms with van der Waals surface area (Å²) < 4.78 is 5.51. The van der Waals surface area contributed by atoms with Crippen LogP contribution >= 0.6 is 23.2 Å². The normalized spacial score (nSPS) is 12.7. The van der Waals surface area contributed by atoms with Crippen LogP contribution in [0.3, 0.4) is 0 Å². The maximum absolute atomic E-state index is 10.1. The molecule has 0 aliphatic heterocycles. The van der Waals surface area contributed by atoms with Crippen LogP contribution in [0.2, 0.25) is 10.0 Å². The van der Waals surface area contributed by atoms with E-state index in [1.807, 2.05) is 13.0 Å². The molecule has 1 unspecified atom stereocenters. The highest BCUT2D eigenvalue weighted by Crippen LogP contribution is 2.29. The highest BCUT2D eigenvalue weighted by molar-refractivity contribution is 6.35. The van der Waals surface area contributed by atoms with Gasteiger partial charge in [-0.3, -0.25) is 0 Å². The number of hydrogen-bond donors (Lipinski definition) is 1. The van der Waals surface area contributed by atoms with Gasteiger partial charge in [0, 0.05) is 22.9 Å². The van der Waals surface area contributed by atoms with Crippen LogP contribution in [-0.2, 0) is 12.8 Å². The molecule has 1 aromatic heterocycles. The predicted octanol–water partition coefficient (Wildman–Crippen LogP) is 4.42. The second kappa shape index (κ2) is 5.79. The summed E-state index contributed by atoms with van der Waals surface area (Å²) in [6, 6.07) is 8.95. The maximum Gasteiger partial charge on any atom is 0.133 e. The molecule has 1 aromatic carbocycles. The first kappa shape index (κ1) is 13.5. The molecule has 0 aliphatic rings. The Hall–Kier alpha value is -0.960. The molecule has 0 aliphatic carbocycles. The largest absolute Gasteiger partial charge is 0.463 e. The Balaban J connectivity index is 2.18. The molecule has 1 heterocycles. The fourth-order valence-electron chi connectivity index (χ4n) is 1.78. The lowest BCUT2D eigenvalue weighted by Gasteiger charge is -2.11. The van der Waals surface area contributed by atoms with Gasteiger partial charge < -0.3 is 9.52 Å². The Bertz CT molecular complexity index is 514. The van der Waals surface area contributed by atoms with E-state index < -0.39 is 6.10 Å². The highest BCUT2D eigenvalue weighted by atomic mass is 35.5. The molecule has 0 saturated carbocycles. The quantitative estimate of drug-likeness (QED) is 0.901. The number of halogens is 2. The van der Waals surface area contributed by atoms with Gasteiger partial charge in [-0.2, -0.15) is 0 Å². The lowest BCUT2D eigenvalue weighted by molar-refractivity contribution is 0.148. The second-order valence-electron chi connectivity index (χ2n) is 4.08. The molecule has 4 heteroatoms. The Labute approximate surface area is 116 Å². The Kier molecular flexibility index (Phi) is 4.33. The zero-order chi connectivity index (χ0) is 13.1. The van der Waals surface area contributed by atoms with E-state index in [0.717, 1.165) is 17.7 Å². The highest BCUT2D eigenvalue weighted by Gasteiger charge is 2.16. The summed E-state index contributed by atoms with van der Waals surface area (Å²) in [7, 11) is 0. The standard InChI is InChI=1S/C14H14Cl2O2/c1-2-9-6-7-14(18-9)13(17)8-10-11(15)4-3-5-12(10)16/h3-7,13,17H,2,8H2,1H3. The minimum atomic E-state index is -0.734. The van der Waals surface area contributed by atoms with Crippen molar-refractivity contribution in [1.29, 1.82) is 0 Å². The van der Waals surface area contributed by atoms with E-state index in [9.17, 15) is 5.11 Å². The average molecular weight is 285 g/mol. The van der Waals surface area contributed by atoms with Gasteiger partial charge in [0.05, 0.1) is 0 Å². The number of benzene rings is 1. The number of hydrogen-bond acceptors (Lipinski definition) is 2. The smallest absolute Gasteiger partial charge is 0.133 e. The van der Waals surface area contributed by atoms with Gasteiger partial charge in [-0.15, -0.1) is 0 Å². The van der Waals surface area contributed by atoms with Crippen LogP contribution in [-0.4, -0.2) is 5.11 Å². The Morgan fingerprint density at radius 3 is 2.39 bits per heavy atom. The second-order valence-corrected chi connectivity index (χ2v) is 4.89. The van der Waals surface area contributed by atoms with Gasteiger partial charge in [0.25, 0.3) is 0 Å². The summed E-state index contributed by atoms with van der Waals surface area (Å²) in [5.41, 5.74) is 0.739. The molecule has 0 spiro atoms. The average Bonchev–Trinajstić information content (AvgIpc) is 2.82. The van der Waals surface area contributed by atoms with Crippen LogP contribution in [0.25, 0.3) is 0 Å². The summed E-state index contributed by atoms with van der Waals surface area (Å²) in [4.78, 5) is 0. The Morgan fingerprint density at radius 1 is 1.17 bits per heavy atom. The molecular formula is C14H14Cl2O2. The minimum Gasteiger partial charge on any atom is -0.463 e. The van der Waals surface area contributed by atoms with Crippen LogP contribution < -0.4 is 0 Å². The molecule has 1 N–H and O–H groups in total. The first-order valence-electron chi connectivity index (χ1n) is 5.81. The molecule has 0 bridgehead atoms. The fourth-order valence-corrected chi connectivity index (χ4v) is 2.34. The first-order chi connectivity index (χ1) is 8.61. The topological polar surface area (TPSA) is 33.4 Å². The maximum atomic E-state index is 10.1. The van der Waals surface area contributed by atoms with Crippen molar-refractivity contribution in [2.75, 3.05) is 0 Å². The van der Waals surface area contributed by atoms with Crippen LogP contribution in [0.5, 0.6) is 0 Å². The van der Waals surface area contributed by atoms with E-state index in [-0.39, 0.29) is 0 Å². The van der Waals surface area contributed by atoms with Crippen LogP contribution in [0.1, 0.15) is 30.1 Å². The molecule has 0 saturated heterocycles. The number of aryl methyl sites for hydroxylation is 1. The summed E-state index contributed by atoms with van der Waals surface area (Å²) in [6.45, 7) is 2.00. The van der Waals surface area contributed by atoms with E-state index >= 15 is 0 Å². The number of aliphatic hydroxyl groups is 1. The molecule has 2 nitrogen and oxygen atoms in total. The molecule has 0 amide bonds. The van der Waals surface area contributed by atoms with Crippen molar-refractivity contribution in [2.24, 2.45) is 0 Å². The van der Waals surface area contributed by atoms with Gasteiger partial charge in [0.15, 0.2) is 0 Å². The van der Waals surface area contributed by atoms with Gasteiger partial charge in [-0.25, -0.2) is 0 Å².